The molecule has 1 aromatic rings. The molecular weight excluding hydrogens is 228 g/mol. The summed E-state index contributed by atoms with van der Waals surface area (Å²) in [4.78, 5) is 27.4. The molecular formula is C10H10N2O5. The third-order valence-electron chi connectivity index (χ3n) is 2.28. The second kappa shape index (κ2) is 4.28. The van der Waals surface area contributed by atoms with E-state index in [0.717, 1.165) is 0 Å². The lowest BCUT2D eigenvalue weighted by molar-refractivity contribution is 0.0690. The highest BCUT2D eigenvalue weighted by Gasteiger charge is 2.26. The van der Waals surface area contributed by atoms with Crippen LogP contribution in [0.25, 0.3) is 0 Å². The van der Waals surface area contributed by atoms with Crippen LogP contribution in [0.5, 0.6) is 5.75 Å². The summed E-state index contributed by atoms with van der Waals surface area (Å²) < 4.78 is 9.87. The van der Waals surface area contributed by atoms with E-state index in [-0.39, 0.29) is 18.1 Å². The number of carboxylic acid groups (broad SMARTS) is 1. The molecule has 0 fully saturated rings. The number of anilines is 1. The second-order valence-electron chi connectivity index (χ2n) is 3.29. The van der Waals surface area contributed by atoms with Crippen LogP contribution in [-0.4, -0.2) is 42.4 Å². The molecule has 0 spiro atoms. The third kappa shape index (κ3) is 1.99. The second-order valence-corrected chi connectivity index (χ2v) is 3.29. The fourth-order valence-corrected chi connectivity index (χ4v) is 1.50. The molecule has 0 aromatic carbocycles. The highest BCUT2D eigenvalue weighted by Crippen LogP contribution is 2.29. The lowest BCUT2D eigenvalue weighted by atomic mass is 10.3. The summed E-state index contributed by atoms with van der Waals surface area (Å²) >= 11 is 0. The van der Waals surface area contributed by atoms with Gasteiger partial charge in [-0.3, -0.25) is 4.90 Å². The molecule has 0 radical (unpaired) electrons. The van der Waals surface area contributed by atoms with Crippen molar-refractivity contribution in [2.24, 2.45) is 0 Å². The summed E-state index contributed by atoms with van der Waals surface area (Å²) in [5.74, 6) is -0.627. The Kier molecular flexibility index (Phi) is 2.82. The number of aromatic nitrogens is 1. The minimum Gasteiger partial charge on any atom is -0.488 e. The van der Waals surface area contributed by atoms with Crippen LogP contribution in [0.15, 0.2) is 12.1 Å². The monoisotopic (exact) mass is 238 g/mol. The van der Waals surface area contributed by atoms with Crippen molar-refractivity contribution in [3.63, 3.8) is 0 Å². The van der Waals surface area contributed by atoms with Gasteiger partial charge >= 0.3 is 12.1 Å². The molecule has 7 nitrogen and oxygen atoms in total. The molecule has 90 valence electrons. The first-order chi connectivity index (χ1) is 8.13. The molecule has 1 N–H and O–H groups in total. The van der Waals surface area contributed by atoms with Gasteiger partial charge in [0.25, 0.3) is 0 Å². The molecule has 0 atom stereocenters. The first-order valence-electron chi connectivity index (χ1n) is 4.86. The number of ether oxygens (including phenoxy) is 2. The smallest absolute Gasteiger partial charge is 0.415 e. The van der Waals surface area contributed by atoms with E-state index in [2.05, 4.69) is 9.72 Å². The van der Waals surface area contributed by atoms with Crippen LogP contribution >= 0.6 is 0 Å². The zero-order valence-electron chi connectivity index (χ0n) is 9.04. The number of carboxylic acids is 1. The van der Waals surface area contributed by atoms with Gasteiger partial charge in [0.2, 0.25) is 0 Å². The maximum atomic E-state index is 11.5. The van der Waals surface area contributed by atoms with Gasteiger partial charge in [0.1, 0.15) is 6.61 Å². The van der Waals surface area contributed by atoms with Gasteiger partial charge in [-0.25, -0.2) is 14.6 Å². The Morgan fingerprint density at radius 3 is 2.94 bits per heavy atom. The quantitative estimate of drug-likeness (QED) is 0.776. The summed E-state index contributed by atoms with van der Waals surface area (Å²) in [6.45, 7) is 0.589. The van der Waals surface area contributed by atoms with Crippen molar-refractivity contribution >= 4 is 17.9 Å². The maximum Gasteiger partial charge on any atom is 0.415 e. The van der Waals surface area contributed by atoms with Crippen LogP contribution in [0.3, 0.4) is 0 Å². The summed E-state index contributed by atoms with van der Waals surface area (Å²) in [5, 5.41) is 8.83. The molecule has 0 unspecified atom stereocenters. The molecule has 1 aliphatic rings. The molecule has 7 heteroatoms. The number of hydrogen-bond acceptors (Lipinski definition) is 5. The average Bonchev–Trinajstić information content (AvgIpc) is 2.36. The van der Waals surface area contributed by atoms with Gasteiger partial charge in [-0.1, -0.05) is 0 Å². The number of rotatable bonds is 1. The zero-order chi connectivity index (χ0) is 12.4. The molecule has 2 rings (SSSR count). The van der Waals surface area contributed by atoms with Crippen LogP contribution in [0.4, 0.5) is 10.6 Å². The lowest BCUT2D eigenvalue weighted by Crippen LogP contribution is -2.38. The van der Waals surface area contributed by atoms with E-state index < -0.39 is 12.1 Å². The predicted octanol–water partition coefficient (Wildman–Crippen LogP) is 0.745. The maximum absolute atomic E-state index is 11.5. The summed E-state index contributed by atoms with van der Waals surface area (Å²) in [6, 6.07) is 2.79. The molecule has 2 heterocycles. The largest absolute Gasteiger partial charge is 0.488 e. The van der Waals surface area contributed by atoms with Crippen molar-refractivity contribution in [3.8, 4) is 5.75 Å². The van der Waals surface area contributed by atoms with E-state index in [1.54, 1.807) is 0 Å². The van der Waals surface area contributed by atoms with Crippen molar-refractivity contribution < 1.29 is 24.2 Å². The number of carbonyl (C=O) groups is 2. The molecule has 1 aliphatic heterocycles. The van der Waals surface area contributed by atoms with Crippen molar-refractivity contribution in [1.29, 1.82) is 0 Å². The number of pyridine rings is 1. The van der Waals surface area contributed by atoms with E-state index >= 15 is 0 Å². The molecule has 1 aromatic heterocycles. The van der Waals surface area contributed by atoms with Gasteiger partial charge in [-0.15, -0.1) is 0 Å². The Balaban J connectivity index is 2.44. The van der Waals surface area contributed by atoms with E-state index in [1.165, 1.54) is 24.1 Å². The van der Waals surface area contributed by atoms with E-state index in [9.17, 15) is 9.59 Å². The molecule has 0 saturated carbocycles. The van der Waals surface area contributed by atoms with E-state index in [4.69, 9.17) is 9.84 Å². The van der Waals surface area contributed by atoms with Gasteiger partial charge in [0, 0.05) is 0 Å². The van der Waals surface area contributed by atoms with Crippen molar-refractivity contribution in [3.05, 3.63) is 17.8 Å². The van der Waals surface area contributed by atoms with Gasteiger partial charge in [-0.05, 0) is 12.1 Å². The predicted molar refractivity (Wildman–Crippen MR) is 56.4 cm³/mol. The van der Waals surface area contributed by atoms with Gasteiger partial charge in [0.05, 0.1) is 13.7 Å². The average molecular weight is 238 g/mol. The topological polar surface area (TPSA) is 89.0 Å². The van der Waals surface area contributed by atoms with Crippen LogP contribution in [0.2, 0.25) is 0 Å². The standard InChI is InChI=1S/C10H10N2O5/c1-16-10(15)12-4-5-17-7-3-2-6(9(13)14)11-8(7)12/h2-3H,4-5H2,1H3,(H,13,14). The van der Waals surface area contributed by atoms with Crippen molar-refractivity contribution in [2.45, 2.75) is 0 Å². The first-order valence-corrected chi connectivity index (χ1v) is 4.86. The number of carbonyl (C=O) groups excluding carboxylic acids is 1. The normalized spacial score (nSPS) is 13.6. The van der Waals surface area contributed by atoms with Crippen LogP contribution in [0.1, 0.15) is 10.5 Å². The number of nitrogens with zero attached hydrogens (tertiary/aromatic N) is 2. The lowest BCUT2D eigenvalue weighted by Gasteiger charge is -2.27. The number of methoxy groups -OCH3 is 1. The summed E-state index contributed by atoms with van der Waals surface area (Å²) in [6.07, 6.45) is -0.593. The third-order valence-corrected chi connectivity index (χ3v) is 2.28. The SMILES string of the molecule is COC(=O)N1CCOc2ccc(C(=O)O)nc21. The number of amides is 1. The molecule has 17 heavy (non-hydrogen) atoms. The zero-order valence-corrected chi connectivity index (χ0v) is 9.04. The minimum absolute atomic E-state index is 0.150. The molecule has 1 amide bonds. The fraction of sp³-hybridized carbons (Fsp3) is 0.300. The van der Waals surface area contributed by atoms with Gasteiger partial charge in [0.15, 0.2) is 17.3 Å². The van der Waals surface area contributed by atoms with Crippen LogP contribution in [0, 0.1) is 0 Å². The van der Waals surface area contributed by atoms with Gasteiger partial charge < -0.3 is 14.6 Å². The van der Waals surface area contributed by atoms with E-state index in [0.29, 0.717) is 12.4 Å². The molecule has 0 aliphatic carbocycles. The Bertz CT molecular complexity index is 474. The summed E-state index contributed by atoms with van der Waals surface area (Å²) in [5.41, 5.74) is -0.150. The Hall–Kier alpha value is -2.31. The molecule has 0 saturated heterocycles. The Morgan fingerprint density at radius 1 is 1.53 bits per heavy atom. The highest BCUT2D eigenvalue weighted by molar-refractivity contribution is 5.91. The van der Waals surface area contributed by atoms with E-state index in [1.807, 2.05) is 0 Å². The summed E-state index contributed by atoms with van der Waals surface area (Å²) in [7, 11) is 1.25. The van der Waals surface area contributed by atoms with Crippen molar-refractivity contribution in [2.75, 3.05) is 25.2 Å². The number of aromatic carboxylic acids is 1. The van der Waals surface area contributed by atoms with Crippen molar-refractivity contribution in [1.82, 2.24) is 4.98 Å². The number of fused-ring (bicyclic) bond motifs is 1. The minimum atomic E-state index is -1.16. The van der Waals surface area contributed by atoms with Crippen LogP contribution < -0.4 is 9.64 Å². The Morgan fingerprint density at radius 2 is 2.29 bits per heavy atom. The number of hydrogen-bond donors (Lipinski definition) is 1. The van der Waals surface area contributed by atoms with Crippen LogP contribution in [-0.2, 0) is 4.74 Å². The van der Waals surface area contributed by atoms with Gasteiger partial charge in [-0.2, -0.15) is 0 Å². The molecule has 0 bridgehead atoms. The highest BCUT2D eigenvalue weighted by atomic mass is 16.5. The first kappa shape index (κ1) is 11.2. The Labute approximate surface area is 96.6 Å². The fourth-order valence-electron chi connectivity index (χ4n) is 1.50.